The molecular formula is C16H13Br. The molecule has 1 unspecified atom stereocenters. The van der Waals surface area contributed by atoms with Crippen molar-refractivity contribution in [2.75, 3.05) is 0 Å². The summed E-state index contributed by atoms with van der Waals surface area (Å²) in [7, 11) is 0. The van der Waals surface area contributed by atoms with Gasteiger partial charge in [0.25, 0.3) is 0 Å². The van der Waals surface area contributed by atoms with Gasteiger partial charge in [0, 0.05) is 10.4 Å². The first-order valence-electron chi connectivity index (χ1n) is 5.84. The number of benzene rings is 2. The first-order chi connectivity index (χ1) is 8.33. The van der Waals surface area contributed by atoms with Crippen LogP contribution >= 0.6 is 15.9 Å². The van der Waals surface area contributed by atoms with Crippen LogP contribution in [0.1, 0.15) is 22.6 Å². The van der Waals surface area contributed by atoms with Crippen LogP contribution in [-0.2, 0) is 6.42 Å². The van der Waals surface area contributed by atoms with Crippen LogP contribution in [0.25, 0.3) is 6.08 Å². The molecule has 17 heavy (non-hydrogen) atoms. The molecule has 0 heterocycles. The van der Waals surface area contributed by atoms with Gasteiger partial charge in [-0.2, -0.15) is 0 Å². The van der Waals surface area contributed by atoms with E-state index in [2.05, 4.69) is 76.6 Å². The van der Waals surface area contributed by atoms with Crippen molar-refractivity contribution in [3.05, 3.63) is 75.8 Å². The van der Waals surface area contributed by atoms with E-state index in [9.17, 15) is 0 Å². The van der Waals surface area contributed by atoms with Crippen LogP contribution in [-0.4, -0.2) is 0 Å². The first-order valence-corrected chi connectivity index (χ1v) is 6.64. The van der Waals surface area contributed by atoms with E-state index in [0.29, 0.717) is 5.92 Å². The van der Waals surface area contributed by atoms with E-state index in [-0.39, 0.29) is 0 Å². The number of rotatable bonds is 2. The maximum absolute atomic E-state index is 3.47. The average molecular weight is 285 g/mol. The SMILES string of the molecule is Brc1ccc(CC2C=Cc3ccccc32)cc1. The Balaban J connectivity index is 1.84. The topological polar surface area (TPSA) is 0 Å². The maximum atomic E-state index is 3.47. The standard InChI is InChI=1S/C16H13Br/c17-15-9-5-12(6-10-15)11-14-8-7-13-3-1-2-4-16(13)14/h1-10,14H,11H2. The molecule has 0 aromatic heterocycles. The zero-order chi connectivity index (χ0) is 11.7. The van der Waals surface area contributed by atoms with E-state index in [0.717, 1.165) is 10.9 Å². The second kappa shape index (κ2) is 4.50. The molecule has 0 aliphatic heterocycles. The number of halogens is 1. The lowest BCUT2D eigenvalue weighted by Gasteiger charge is -2.11. The molecule has 2 aromatic carbocycles. The fraction of sp³-hybridized carbons (Fsp3) is 0.125. The third-order valence-corrected chi connectivity index (χ3v) is 3.80. The third kappa shape index (κ3) is 2.20. The van der Waals surface area contributed by atoms with E-state index >= 15 is 0 Å². The lowest BCUT2D eigenvalue weighted by Crippen LogP contribution is -1.97. The quantitative estimate of drug-likeness (QED) is 0.743. The van der Waals surface area contributed by atoms with Gasteiger partial charge in [0.15, 0.2) is 0 Å². The van der Waals surface area contributed by atoms with Crippen molar-refractivity contribution in [3.8, 4) is 0 Å². The molecule has 1 heteroatoms. The molecule has 0 radical (unpaired) electrons. The van der Waals surface area contributed by atoms with Crippen molar-refractivity contribution in [2.24, 2.45) is 0 Å². The van der Waals surface area contributed by atoms with E-state index in [1.165, 1.54) is 16.7 Å². The minimum Gasteiger partial charge on any atom is -0.0760 e. The van der Waals surface area contributed by atoms with Crippen LogP contribution in [0.3, 0.4) is 0 Å². The maximum Gasteiger partial charge on any atom is 0.0175 e. The van der Waals surface area contributed by atoms with Crippen molar-refractivity contribution in [2.45, 2.75) is 12.3 Å². The summed E-state index contributed by atoms with van der Waals surface area (Å²) in [6, 6.07) is 17.3. The zero-order valence-corrected chi connectivity index (χ0v) is 11.0. The molecule has 0 amide bonds. The molecule has 0 fully saturated rings. The summed E-state index contributed by atoms with van der Waals surface area (Å²) in [5.74, 6) is 0.535. The zero-order valence-electron chi connectivity index (χ0n) is 9.44. The highest BCUT2D eigenvalue weighted by molar-refractivity contribution is 9.10. The number of hydrogen-bond acceptors (Lipinski definition) is 0. The largest absolute Gasteiger partial charge is 0.0760 e. The van der Waals surface area contributed by atoms with Gasteiger partial charge in [0.05, 0.1) is 0 Å². The van der Waals surface area contributed by atoms with Crippen LogP contribution in [0, 0.1) is 0 Å². The minimum absolute atomic E-state index is 0.535. The summed E-state index contributed by atoms with van der Waals surface area (Å²) >= 11 is 3.47. The highest BCUT2D eigenvalue weighted by atomic mass is 79.9. The molecule has 0 saturated carbocycles. The average Bonchev–Trinajstić information content (AvgIpc) is 2.76. The van der Waals surface area contributed by atoms with Crippen LogP contribution in [0.4, 0.5) is 0 Å². The summed E-state index contributed by atoms with van der Waals surface area (Å²) in [4.78, 5) is 0. The summed E-state index contributed by atoms with van der Waals surface area (Å²) in [5.41, 5.74) is 4.21. The lowest BCUT2D eigenvalue weighted by atomic mass is 9.94. The summed E-state index contributed by atoms with van der Waals surface area (Å²) in [6.45, 7) is 0. The highest BCUT2D eigenvalue weighted by Gasteiger charge is 2.16. The van der Waals surface area contributed by atoms with Gasteiger partial charge in [-0.1, -0.05) is 64.5 Å². The molecule has 84 valence electrons. The third-order valence-electron chi connectivity index (χ3n) is 3.27. The van der Waals surface area contributed by atoms with Gasteiger partial charge in [-0.3, -0.25) is 0 Å². The summed E-state index contributed by atoms with van der Waals surface area (Å²) in [5, 5.41) is 0. The number of allylic oxidation sites excluding steroid dienone is 1. The summed E-state index contributed by atoms with van der Waals surface area (Å²) in [6.07, 6.45) is 5.63. The second-order valence-corrected chi connectivity index (χ2v) is 5.34. The molecule has 2 aromatic rings. The highest BCUT2D eigenvalue weighted by Crippen LogP contribution is 2.32. The van der Waals surface area contributed by atoms with Gasteiger partial charge < -0.3 is 0 Å². The Bertz CT molecular complexity index is 552. The van der Waals surface area contributed by atoms with Crippen molar-refractivity contribution in [1.29, 1.82) is 0 Å². The predicted octanol–water partition coefficient (Wildman–Crippen LogP) is 4.80. The van der Waals surface area contributed by atoms with E-state index in [1.807, 2.05) is 0 Å². The monoisotopic (exact) mass is 284 g/mol. The molecule has 1 aliphatic rings. The Hall–Kier alpha value is -1.34. The van der Waals surface area contributed by atoms with Crippen LogP contribution in [0.5, 0.6) is 0 Å². The Morgan fingerprint density at radius 2 is 1.71 bits per heavy atom. The van der Waals surface area contributed by atoms with E-state index in [1.54, 1.807) is 0 Å². The summed E-state index contributed by atoms with van der Waals surface area (Å²) < 4.78 is 1.14. The van der Waals surface area contributed by atoms with Crippen LogP contribution in [0.15, 0.2) is 59.1 Å². The minimum atomic E-state index is 0.535. The Kier molecular flexibility index (Phi) is 2.86. The van der Waals surface area contributed by atoms with Gasteiger partial charge in [-0.25, -0.2) is 0 Å². The number of hydrogen-bond donors (Lipinski definition) is 0. The van der Waals surface area contributed by atoms with Gasteiger partial charge in [0.1, 0.15) is 0 Å². The Labute approximate surface area is 110 Å². The van der Waals surface area contributed by atoms with Crippen LogP contribution < -0.4 is 0 Å². The molecule has 1 atom stereocenters. The fourth-order valence-electron chi connectivity index (χ4n) is 2.38. The Morgan fingerprint density at radius 1 is 0.941 bits per heavy atom. The Morgan fingerprint density at radius 3 is 2.53 bits per heavy atom. The number of fused-ring (bicyclic) bond motifs is 1. The van der Waals surface area contributed by atoms with E-state index < -0.39 is 0 Å². The molecule has 0 bridgehead atoms. The molecule has 0 spiro atoms. The lowest BCUT2D eigenvalue weighted by molar-refractivity contribution is 0.850. The molecule has 0 N–H and O–H groups in total. The van der Waals surface area contributed by atoms with Gasteiger partial charge in [-0.15, -0.1) is 0 Å². The van der Waals surface area contributed by atoms with Crippen molar-refractivity contribution in [3.63, 3.8) is 0 Å². The van der Waals surface area contributed by atoms with Gasteiger partial charge in [0.2, 0.25) is 0 Å². The van der Waals surface area contributed by atoms with E-state index in [4.69, 9.17) is 0 Å². The molecular weight excluding hydrogens is 272 g/mol. The van der Waals surface area contributed by atoms with Crippen molar-refractivity contribution < 1.29 is 0 Å². The van der Waals surface area contributed by atoms with Crippen LogP contribution in [0.2, 0.25) is 0 Å². The molecule has 0 nitrogen and oxygen atoms in total. The fourth-order valence-corrected chi connectivity index (χ4v) is 2.64. The van der Waals surface area contributed by atoms with Gasteiger partial charge in [-0.05, 0) is 35.2 Å². The smallest absolute Gasteiger partial charge is 0.0175 e. The molecule has 1 aliphatic carbocycles. The molecule has 3 rings (SSSR count). The molecule has 0 saturated heterocycles. The second-order valence-electron chi connectivity index (χ2n) is 4.43. The van der Waals surface area contributed by atoms with Gasteiger partial charge >= 0.3 is 0 Å². The first kappa shape index (κ1) is 10.8. The predicted molar refractivity (Wildman–Crippen MR) is 76.1 cm³/mol. The normalized spacial score (nSPS) is 17.1. The van der Waals surface area contributed by atoms with Crippen molar-refractivity contribution in [1.82, 2.24) is 0 Å². The van der Waals surface area contributed by atoms with Crippen molar-refractivity contribution >= 4 is 22.0 Å².